The molecule has 2 aliphatic heterocycles. The number of halogens is 1. The number of hydrogen-bond donors (Lipinski definition) is 2. The van der Waals surface area contributed by atoms with Crippen molar-refractivity contribution in [2.45, 2.75) is 12.8 Å². The molecule has 2 N–H and O–H groups in total. The van der Waals surface area contributed by atoms with E-state index in [9.17, 15) is 9.59 Å². The van der Waals surface area contributed by atoms with Gasteiger partial charge in [-0.3, -0.25) is 19.5 Å². The summed E-state index contributed by atoms with van der Waals surface area (Å²) in [5.74, 6) is 1.16. The van der Waals surface area contributed by atoms with E-state index in [1.54, 1.807) is 31.3 Å². The fourth-order valence-corrected chi connectivity index (χ4v) is 3.67. The Kier molecular flexibility index (Phi) is 7.30. The third-order valence-corrected chi connectivity index (χ3v) is 5.19. The molecule has 2 heterocycles. The quantitative estimate of drug-likeness (QED) is 0.264. The first-order valence-electron chi connectivity index (χ1n) is 9.81. The SMILES string of the molecule is CN=C(NCCc1ccc2c(c1)CCO2)NCCN1C(=O)c2ccccc2C1=O.I. The molecule has 0 radical (unpaired) electrons. The van der Waals surface area contributed by atoms with Crippen LogP contribution in [-0.4, -0.2) is 56.0 Å². The Hall–Kier alpha value is -2.62. The largest absolute Gasteiger partial charge is 0.493 e. The summed E-state index contributed by atoms with van der Waals surface area (Å²) >= 11 is 0. The Morgan fingerprint density at radius 1 is 1.07 bits per heavy atom. The van der Waals surface area contributed by atoms with Gasteiger partial charge in [0.1, 0.15) is 5.75 Å². The van der Waals surface area contributed by atoms with Crippen molar-refractivity contribution < 1.29 is 14.3 Å². The number of nitrogens with one attached hydrogen (secondary N) is 2. The van der Waals surface area contributed by atoms with Crippen molar-refractivity contribution in [3.05, 3.63) is 64.7 Å². The minimum absolute atomic E-state index is 0. The molecule has 2 aromatic rings. The highest BCUT2D eigenvalue weighted by atomic mass is 127. The van der Waals surface area contributed by atoms with Crippen LogP contribution in [0.5, 0.6) is 5.75 Å². The number of rotatable bonds is 6. The van der Waals surface area contributed by atoms with Crippen LogP contribution >= 0.6 is 24.0 Å². The van der Waals surface area contributed by atoms with Crippen molar-refractivity contribution in [3.63, 3.8) is 0 Å². The van der Waals surface area contributed by atoms with Crippen LogP contribution in [0, 0.1) is 0 Å². The Balaban J connectivity index is 0.00000256. The summed E-state index contributed by atoms with van der Waals surface area (Å²) < 4.78 is 5.54. The summed E-state index contributed by atoms with van der Waals surface area (Å²) in [4.78, 5) is 30.2. The molecule has 0 saturated heterocycles. The monoisotopic (exact) mass is 520 g/mol. The number of imide groups is 1. The van der Waals surface area contributed by atoms with E-state index in [0.29, 0.717) is 23.6 Å². The highest BCUT2D eigenvalue weighted by Gasteiger charge is 2.34. The molecule has 0 saturated carbocycles. The van der Waals surface area contributed by atoms with Gasteiger partial charge in [0.25, 0.3) is 11.8 Å². The van der Waals surface area contributed by atoms with Gasteiger partial charge < -0.3 is 15.4 Å². The summed E-state index contributed by atoms with van der Waals surface area (Å²) in [6.07, 6.45) is 1.84. The van der Waals surface area contributed by atoms with E-state index in [0.717, 1.165) is 31.7 Å². The number of benzene rings is 2. The summed E-state index contributed by atoms with van der Waals surface area (Å²) in [5.41, 5.74) is 3.47. The van der Waals surface area contributed by atoms with E-state index in [2.05, 4.69) is 27.8 Å². The lowest BCUT2D eigenvalue weighted by molar-refractivity contribution is 0.0657. The van der Waals surface area contributed by atoms with E-state index in [-0.39, 0.29) is 42.3 Å². The van der Waals surface area contributed by atoms with Gasteiger partial charge in [0.15, 0.2) is 5.96 Å². The van der Waals surface area contributed by atoms with Gasteiger partial charge in [0, 0.05) is 33.1 Å². The molecular formula is C22H25IN4O3. The first-order valence-corrected chi connectivity index (χ1v) is 9.81. The molecule has 0 spiro atoms. The number of aliphatic imine (C=N–C) groups is 1. The fourth-order valence-electron chi connectivity index (χ4n) is 3.67. The van der Waals surface area contributed by atoms with E-state index in [1.807, 2.05) is 6.07 Å². The molecular weight excluding hydrogens is 495 g/mol. The topological polar surface area (TPSA) is 83.0 Å². The zero-order valence-electron chi connectivity index (χ0n) is 16.8. The van der Waals surface area contributed by atoms with Crippen LogP contribution < -0.4 is 15.4 Å². The second-order valence-corrected chi connectivity index (χ2v) is 7.02. The molecule has 0 bridgehead atoms. The van der Waals surface area contributed by atoms with Crippen LogP contribution in [0.3, 0.4) is 0 Å². The van der Waals surface area contributed by atoms with Crippen molar-refractivity contribution >= 4 is 41.8 Å². The smallest absolute Gasteiger partial charge is 0.261 e. The summed E-state index contributed by atoms with van der Waals surface area (Å²) in [6, 6.07) is 13.2. The third-order valence-electron chi connectivity index (χ3n) is 5.19. The molecule has 158 valence electrons. The molecule has 7 nitrogen and oxygen atoms in total. The minimum Gasteiger partial charge on any atom is -0.493 e. The van der Waals surface area contributed by atoms with Gasteiger partial charge in [0.2, 0.25) is 0 Å². The predicted molar refractivity (Wildman–Crippen MR) is 126 cm³/mol. The maximum atomic E-state index is 12.4. The summed E-state index contributed by atoms with van der Waals surface area (Å²) in [7, 11) is 1.70. The third kappa shape index (κ3) is 4.58. The molecule has 0 unspecified atom stereocenters. The molecule has 30 heavy (non-hydrogen) atoms. The number of carbonyl (C=O) groups excluding carboxylic acids is 2. The van der Waals surface area contributed by atoms with Gasteiger partial charge in [-0.05, 0) is 35.7 Å². The maximum absolute atomic E-state index is 12.4. The average molecular weight is 520 g/mol. The van der Waals surface area contributed by atoms with E-state index >= 15 is 0 Å². The number of carbonyl (C=O) groups is 2. The van der Waals surface area contributed by atoms with E-state index in [4.69, 9.17) is 4.74 Å². The van der Waals surface area contributed by atoms with Gasteiger partial charge in [0.05, 0.1) is 17.7 Å². The molecule has 0 atom stereocenters. The minimum atomic E-state index is -0.240. The number of ether oxygens (including phenoxy) is 1. The number of guanidine groups is 1. The Morgan fingerprint density at radius 3 is 2.47 bits per heavy atom. The zero-order valence-corrected chi connectivity index (χ0v) is 19.1. The summed E-state index contributed by atoms with van der Waals surface area (Å²) in [6.45, 7) is 2.21. The predicted octanol–water partition coefficient (Wildman–Crippen LogP) is 2.24. The lowest BCUT2D eigenvalue weighted by Gasteiger charge is -2.16. The molecule has 2 aliphatic rings. The van der Waals surface area contributed by atoms with Crippen LogP contribution in [-0.2, 0) is 12.8 Å². The zero-order chi connectivity index (χ0) is 20.2. The standard InChI is InChI=1S/C22H24N4O3.HI/c1-23-22(24-10-8-15-6-7-19-16(14-15)9-13-29-19)25-11-12-26-20(27)17-4-2-3-5-18(17)21(26)28;/h2-7,14H,8-13H2,1H3,(H2,23,24,25);1H. The van der Waals surface area contributed by atoms with Crippen molar-refractivity contribution in [1.82, 2.24) is 15.5 Å². The Bertz CT molecular complexity index is 942. The second kappa shape index (κ2) is 9.92. The van der Waals surface area contributed by atoms with Crippen LogP contribution in [0.2, 0.25) is 0 Å². The van der Waals surface area contributed by atoms with Crippen molar-refractivity contribution in [1.29, 1.82) is 0 Å². The Labute approximate surface area is 192 Å². The number of nitrogens with zero attached hydrogens (tertiary/aromatic N) is 2. The van der Waals surface area contributed by atoms with Crippen LogP contribution in [0.1, 0.15) is 31.8 Å². The molecule has 2 amide bonds. The number of hydrogen-bond acceptors (Lipinski definition) is 4. The van der Waals surface area contributed by atoms with Gasteiger partial charge >= 0.3 is 0 Å². The number of amides is 2. The lowest BCUT2D eigenvalue weighted by atomic mass is 10.1. The van der Waals surface area contributed by atoms with Gasteiger partial charge in [-0.25, -0.2) is 0 Å². The molecule has 0 aromatic heterocycles. The van der Waals surface area contributed by atoms with Crippen molar-refractivity contribution in [2.24, 2.45) is 4.99 Å². The molecule has 2 aromatic carbocycles. The lowest BCUT2D eigenvalue weighted by Crippen LogP contribution is -2.43. The van der Waals surface area contributed by atoms with Crippen molar-refractivity contribution in [3.8, 4) is 5.75 Å². The van der Waals surface area contributed by atoms with Gasteiger partial charge in [-0.1, -0.05) is 24.3 Å². The first kappa shape index (κ1) is 22.1. The van der Waals surface area contributed by atoms with Crippen LogP contribution in [0.4, 0.5) is 0 Å². The van der Waals surface area contributed by atoms with E-state index in [1.165, 1.54) is 16.0 Å². The second-order valence-electron chi connectivity index (χ2n) is 7.02. The first-order chi connectivity index (χ1) is 14.2. The van der Waals surface area contributed by atoms with Gasteiger partial charge in [-0.2, -0.15) is 0 Å². The van der Waals surface area contributed by atoms with Crippen molar-refractivity contribution in [2.75, 3.05) is 33.3 Å². The molecule has 4 rings (SSSR count). The highest BCUT2D eigenvalue weighted by molar-refractivity contribution is 14.0. The molecule has 0 fully saturated rings. The molecule has 8 heteroatoms. The van der Waals surface area contributed by atoms with E-state index < -0.39 is 0 Å². The van der Waals surface area contributed by atoms with Crippen LogP contribution in [0.25, 0.3) is 0 Å². The highest BCUT2D eigenvalue weighted by Crippen LogP contribution is 2.26. The molecule has 0 aliphatic carbocycles. The van der Waals surface area contributed by atoms with Gasteiger partial charge in [-0.15, -0.1) is 24.0 Å². The number of fused-ring (bicyclic) bond motifs is 2. The maximum Gasteiger partial charge on any atom is 0.261 e. The van der Waals surface area contributed by atoms with Crippen LogP contribution in [0.15, 0.2) is 47.5 Å². The normalized spacial score (nSPS) is 14.7. The Morgan fingerprint density at radius 2 is 1.77 bits per heavy atom. The average Bonchev–Trinajstić information content (AvgIpc) is 3.31. The summed E-state index contributed by atoms with van der Waals surface area (Å²) in [5, 5.41) is 6.43. The fraction of sp³-hybridized carbons (Fsp3) is 0.318.